The summed E-state index contributed by atoms with van der Waals surface area (Å²) in [5.41, 5.74) is 6.85. The van der Waals surface area contributed by atoms with Crippen molar-refractivity contribution in [2.45, 2.75) is 30.6 Å². The predicted molar refractivity (Wildman–Crippen MR) is 78.6 cm³/mol. The summed E-state index contributed by atoms with van der Waals surface area (Å²) in [6.45, 7) is 0.0445. The molecule has 4 N–H and O–H groups in total. The Morgan fingerprint density at radius 3 is 2.87 bits per heavy atom. The SMILES string of the molecule is NC1(n2cnnc2)N=CN=C2C1=NCN2[C@H]1C[C@H](O)[C@@H](CO)O1. The molecule has 0 radical (unpaired) electrons. The van der Waals surface area contributed by atoms with Gasteiger partial charge in [-0.2, -0.15) is 0 Å². The zero-order valence-electron chi connectivity index (χ0n) is 12.1. The highest BCUT2D eigenvalue weighted by molar-refractivity contribution is 6.46. The zero-order valence-corrected chi connectivity index (χ0v) is 12.1. The van der Waals surface area contributed by atoms with Crippen molar-refractivity contribution in [3.63, 3.8) is 0 Å². The minimum atomic E-state index is -1.26. The number of amidine groups is 1. The van der Waals surface area contributed by atoms with Gasteiger partial charge in [-0.3, -0.25) is 15.3 Å². The third kappa shape index (κ3) is 2.09. The van der Waals surface area contributed by atoms with E-state index in [0.29, 0.717) is 18.0 Å². The van der Waals surface area contributed by atoms with Crippen LogP contribution in [0.5, 0.6) is 0 Å². The Bertz CT molecular complexity index is 686. The molecule has 0 spiro atoms. The van der Waals surface area contributed by atoms with Gasteiger partial charge >= 0.3 is 0 Å². The number of fused-ring (bicyclic) bond motifs is 1. The first-order valence-corrected chi connectivity index (χ1v) is 7.15. The monoisotopic (exact) mass is 320 g/mol. The molecule has 0 amide bonds. The lowest BCUT2D eigenvalue weighted by molar-refractivity contribution is -0.0560. The second-order valence-corrected chi connectivity index (χ2v) is 5.53. The molecule has 0 saturated carbocycles. The molecule has 1 unspecified atom stereocenters. The van der Waals surface area contributed by atoms with Crippen LogP contribution >= 0.6 is 0 Å². The zero-order chi connectivity index (χ0) is 16.0. The highest BCUT2D eigenvalue weighted by Gasteiger charge is 2.47. The van der Waals surface area contributed by atoms with Crippen LogP contribution in [0.25, 0.3) is 0 Å². The molecule has 4 rings (SSSR count). The molecule has 0 bridgehead atoms. The number of aliphatic imine (C=N–C) groups is 3. The topological polar surface area (TPSA) is 147 Å². The molecule has 122 valence electrons. The molecule has 3 aliphatic rings. The Balaban J connectivity index is 1.61. The van der Waals surface area contributed by atoms with E-state index in [9.17, 15) is 10.2 Å². The van der Waals surface area contributed by atoms with Crippen molar-refractivity contribution < 1.29 is 14.9 Å². The van der Waals surface area contributed by atoms with Gasteiger partial charge in [0.2, 0.25) is 5.79 Å². The van der Waals surface area contributed by atoms with Crippen molar-refractivity contribution in [1.82, 2.24) is 19.7 Å². The minimum absolute atomic E-state index is 0.241. The molecule has 0 aliphatic carbocycles. The van der Waals surface area contributed by atoms with E-state index in [1.54, 1.807) is 9.47 Å². The Morgan fingerprint density at radius 2 is 2.17 bits per heavy atom. The number of ether oxygens (including phenoxy) is 1. The van der Waals surface area contributed by atoms with Crippen LogP contribution in [0.2, 0.25) is 0 Å². The summed E-state index contributed by atoms with van der Waals surface area (Å²) in [7, 11) is 0. The number of hydrogen-bond donors (Lipinski definition) is 3. The fourth-order valence-electron chi connectivity index (χ4n) is 2.93. The molecule has 4 heterocycles. The fraction of sp³-hybridized carbons (Fsp3) is 0.583. The third-order valence-electron chi connectivity index (χ3n) is 4.19. The maximum Gasteiger partial charge on any atom is 0.239 e. The van der Waals surface area contributed by atoms with Crippen LogP contribution in [0, 0.1) is 0 Å². The van der Waals surface area contributed by atoms with Crippen LogP contribution < -0.4 is 5.73 Å². The van der Waals surface area contributed by atoms with Crippen LogP contribution in [-0.2, 0) is 10.5 Å². The van der Waals surface area contributed by atoms with E-state index in [1.807, 2.05) is 0 Å². The molecule has 1 aromatic rings. The average Bonchev–Trinajstić information content (AvgIpc) is 3.26. The van der Waals surface area contributed by atoms with Gasteiger partial charge in [0.05, 0.1) is 12.7 Å². The Labute approximate surface area is 130 Å². The molecular weight excluding hydrogens is 304 g/mol. The van der Waals surface area contributed by atoms with E-state index in [1.165, 1.54) is 19.0 Å². The van der Waals surface area contributed by atoms with Gasteiger partial charge in [-0.1, -0.05) is 0 Å². The van der Waals surface area contributed by atoms with Crippen molar-refractivity contribution in [2.75, 3.05) is 13.3 Å². The average molecular weight is 320 g/mol. The van der Waals surface area contributed by atoms with Gasteiger partial charge in [-0.05, 0) is 0 Å². The summed E-state index contributed by atoms with van der Waals surface area (Å²) in [6.07, 6.45) is 2.87. The summed E-state index contributed by atoms with van der Waals surface area (Å²) in [5, 5.41) is 26.6. The molecule has 1 saturated heterocycles. The van der Waals surface area contributed by atoms with E-state index >= 15 is 0 Å². The largest absolute Gasteiger partial charge is 0.394 e. The van der Waals surface area contributed by atoms with Gasteiger partial charge in [0.1, 0.15) is 43.7 Å². The molecule has 11 nitrogen and oxygen atoms in total. The lowest BCUT2D eigenvalue weighted by Crippen LogP contribution is -2.55. The van der Waals surface area contributed by atoms with Crippen molar-refractivity contribution in [3.8, 4) is 0 Å². The third-order valence-corrected chi connectivity index (χ3v) is 4.19. The number of aromatic nitrogens is 3. The number of nitrogens with two attached hydrogens (primary N) is 1. The van der Waals surface area contributed by atoms with Crippen LogP contribution in [0.4, 0.5) is 0 Å². The molecular formula is C12H16N8O3. The van der Waals surface area contributed by atoms with Gasteiger partial charge < -0.3 is 19.8 Å². The normalized spacial score (nSPS) is 36.1. The number of aliphatic hydroxyl groups excluding tert-OH is 2. The number of rotatable bonds is 3. The summed E-state index contributed by atoms with van der Waals surface area (Å²) < 4.78 is 7.21. The first-order valence-electron chi connectivity index (χ1n) is 7.15. The van der Waals surface area contributed by atoms with E-state index in [0.717, 1.165) is 0 Å². The minimum Gasteiger partial charge on any atom is -0.394 e. The van der Waals surface area contributed by atoms with Crippen molar-refractivity contribution >= 4 is 17.9 Å². The van der Waals surface area contributed by atoms with Gasteiger partial charge in [0, 0.05) is 6.42 Å². The number of hydrogen-bond acceptors (Lipinski definition) is 10. The van der Waals surface area contributed by atoms with Crippen molar-refractivity contribution in [1.29, 1.82) is 0 Å². The van der Waals surface area contributed by atoms with Crippen LogP contribution in [0.15, 0.2) is 27.6 Å². The standard InChI is InChI=1S/C12H16N8O3/c13-12(19-5-17-18-6-19)10-11(14-3-16-12)20(4-15-10)9-1-7(22)8(2-21)23-9/h3,5-9,21-22H,1-2,4,13H2/t7-,8+,9+,12?/m0/s1. The van der Waals surface area contributed by atoms with Crippen molar-refractivity contribution in [2.24, 2.45) is 20.7 Å². The van der Waals surface area contributed by atoms with Gasteiger partial charge in [-0.25, -0.2) is 9.98 Å². The molecule has 23 heavy (non-hydrogen) atoms. The highest BCUT2D eigenvalue weighted by Crippen LogP contribution is 2.29. The van der Waals surface area contributed by atoms with Crippen LogP contribution in [0.3, 0.4) is 0 Å². The van der Waals surface area contributed by atoms with E-state index in [-0.39, 0.29) is 13.3 Å². The molecule has 3 aliphatic heterocycles. The summed E-state index contributed by atoms with van der Waals surface area (Å²) in [4.78, 5) is 14.7. The summed E-state index contributed by atoms with van der Waals surface area (Å²) in [6, 6.07) is 0. The van der Waals surface area contributed by atoms with E-state index in [4.69, 9.17) is 10.5 Å². The Hall–Kier alpha value is -2.21. The van der Waals surface area contributed by atoms with Crippen LogP contribution in [0.1, 0.15) is 6.42 Å². The first-order chi connectivity index (χ1) is 11.1. The smallest absolute Gasteiger partial charge is 0.239 e. The molecule has 1 fully saturated rings. The van der Waals surface area contributed by atoms with Gasteiger partial charge in [0.25, 0.3) is 0 Å². The maximum absolute atomic E-state index is 9.91. The lowest BCUT2D eigenvalue weighted by atomic mass is 10.1. The second kappa shape index (κ2) is 5.16. The summed E-state index contributed by atoms with van der Waals surface area (Å²) in [5.74, 6) is -0.727. The van der Waals surface area contributed by atoms with Crippen LogP contribution in [-0.4, -0.2) is 79.5 Å². The summed E-state index contributed by atoms with van der Waals surface area (Å²) >= 11 is 0. The lowest BCUT2D eigenvalue weighted by Gasteiger charge is -2.31. The van der Waals surface area contributed by atoms with E-state index < -0.39 is 24.2 Å². The fourth-order valence-corrected chi connectivity index (χ4v) is 2.93. The molecule has 11 heteroatoms. The second-order valence-electron chi connectivity index (χ2n) is 5.53. The quantitative estimate of drug-likeness (QED) is 0.556. The highest BCUT2D eigenvalue weighted by atomic mass is 16.5. The van der Waals surface area contributed by atoms with Gasteiger partial charge in [-0.15, -0.1) is 10.2 Å². The Kier molecular flexibility index (Phi) is 3.23. The predicted octanol–water partition coefficient (Wildman–Crippen LogP) is -2.53. The molecule has 4 atom stereocenters. The van der Waals surface area contributed by atoms with Gasteiger partial charge in [0.15, 0.2) is 5.84 Å². The first kappa shape index (κ1) is 14.4. The van der Waals surface area contributed by atoms with Crippen molar-refractivity contribution in [3.05, 3.63) is 12.7 Å². The van der Waals surface area contributed by atoms with E-state index in [2.05, 4.69) is 25.2 Å². The number of nitrogens with zero attached hydrogens (tertiary/aromatic N) is 7. The molecule has 0 aromatic carbocycles. The maximum atomic E-state index is 9.91. The molecule has 1 aromatic heterocycles. The number of aliphatic hydroxyl groups is 2. The Morgan fingerprint density at radius 1 is 1.39 bits per heavy atom.